The van der Waals surface area contributed by atoms with Crippen LogP contribution >= 0.6 is 0 Å². The lowest BCUT2D eigenvalue weighted by Crippen LogP contribution is -2.33. The van der Waals surface area contributed by atoms with Crippen LogP contribution in [0.1, 0.15) is 25.7 Å². The molecule has 1 atom stereocenters. The molecule has 0 aliphatic rings. The summed E-state index contributed by atoms with van der Waals surface area (Å²) in [5.74, 6) is -0.990. The minimum Gasteiger partial charge on any atom is -0.465 e. The van der Waals surface area contributed by atoms with E-state index >= 15 is 0 Å². The molecule has 0 bridgehead atoms. The minimum absolute atomic E-state index is 0.146. The first kappa shape index (κ1) is 15.5. The Morgan fingerprint density at radius 1 is 1.43 bits per heavy atom. The number of ether oxygens (including phenoxy) is 1. The molecule has 0 aliphatic carbocycles. The number of nitrogens with zero attached hydrogens (tertiary/aromatic N) is 1. The van der Waals surface area contributed by atoms with Crippen LogP contribution in [0.5, 0.6) is 0 Å². The van der Waals surface area contributed by atoms with E-state index in [1.54, 1.807) is 13.8 Å². The van der Waals surface area contributed by atoms with Gasteiger partial charge in [0.25, 0.3) is 0 Å². The second kappa shape index (κ2) is 6.23. The number of carbonyl (C=O) groups excluding carboxylic acids is 1. The van der Waals surface area contributed by atoms with Crippen molar-refractivity contribution in [3.05, 3.63) is 30.1 Å². The van der Waals surface area contributed by atoms with Crippen LogP contribution in [0.15, 0.2) is 24.3 Å². The molecule has 1 aromatic carbocycles. The Morgan fingerprint density at radius 3 is 2.81 bits per heavy atom. The molecule has 0 fully saturated rings. The molecule has 7 nitrogen and oxygen atoms in total. The second-order valence-corrected chi connectivity index (χ2v) is 6.30. The molecule has 0 amide bonds. The van der Waals surface area contributed by atoms with Crippen LogP contribution in [0.2, 0.25) is 0 Å². The lowest BCUT2D eigenvalue weighted by atomic mass is 10.3. The molecule has 2 N–H and O–H groups in total. The van der Waals surface area contributed by atoms with Crippen molar-refractivity contribution >= 4 is 27.0 Å². The number of esters is 1. The highest BCUT2D eigenvalue weighted by Crippen LogP contribution is 2.16. The number of imidazole rings is 1. The van der Waals surface area contributed by atoms with Crippen molar-refractivity contribution in [2.75, 3.05) is 12.4 Å². The summed E-state index contributed by atoms with van der Waals surface area (Å²) in [7, 11) is -3.77. The topological polar surface area (TPSA) is 101 Å². The largest absolute Gasteiger partial charge is 0.465 e. The first-order chi connectivity index (χ1) is 9.91. The molecule has 8 heteroatoms. The minimum atomic E-state index is -3.77. The molecule has 114 valence electrons. The molecule has 0 spiro atoms. The average molecular weight is 311 g/mol. The van der Waals surface area contributed by atoms with E-state index in [-0.39, 0.29) is 6.61 Å². The number of hydrogen-bond acceptors (Lipinski definition) is 5. The summed E-state index contributed by atoms with van der Waals surface area (Å²) in [6.07, 6.45) is 0. The van der Waals surface area contributed by atoms with E-state index in [1.807, 2.05) is 24.3 Å². The van der Waals surface area contributed by atoms with Gasteiger partial charge in [0.1, 0.15) is 5.82 Å². The number of sulfonamides is 1. The van der Waals surface area contributed by atoms with Crippen molar-refractivity contribution in [2.24, 2.45) is 0 Å². The molecule has 2 aromatic rings. The van der Waals surface area contributed by atoms with Crippen LogP contribution in [0.4, 0.5) is 0 Å². The monoisotopic (exact) mass is 311 g/mol. The Bertz CT molecular complexity index is 706. The maximum Gasteiger partial charge on any atom is 0.322 e. The zero-order chi connectivity index (χ0) is 15.5. The van der Waals surface area contributed by atoms with E-state index < -0.39 is 27.8 Å². The van der Waals surface area contributed by atoms with Crippen molar-refractivity contribution in [2.45, 2.75) is 19.9 Å². The first-order valence-corrected chi connectivity index (χ1v) is 8.17. The Kier molecular flexibility index (Phi) is 4.59. The van der Waals surface area contributed by atoms with Crippen molar-refractivity contribution in [3.63, 3.8) is 0 Å². The maximum absolute atomic E-state index is 11.9. The smallest absolute Gasteiger partial charge is 0.322 e. The summed E-state index contributed by atoms with van der Waals surface area (Å²) in [5.41, 5.74) is 1.58. The van der Waals surface area contributed by atoms with Gasteiger partial charge in [0, 0.05) is 0 Å². The van der Waals surface area contributed by atoms with Gasteiger partial charge < -0.3 is 9.72 Å². The molecule has 0 aliphatic heterocycles. The van der Waals surface area contributed by atoms with Gasteiger partial charge in [-0.3, -0.25) is 4.79 Å². The highest BCUT2D eigenvalue weighted by Gasteiger charge is 2.22. The Labute approximate surface area is 122 Å². The third kappa shape index (κ3) is 4.02. The number of nitrogens with one attached hydrogen (secondary N) is 2. The van der Waals surface area contributed by atoms with E-state index in [2.05, 4.69) is 19.4 Å². The lowest BCUT2D eigenvalue weighted by molar-refractivity contribution is -0.139. The zero-order valence-corrected chi connectivity index (χ0v) is 12.6. The fourth-order valence-electron chi connectivity index (χ4n) is 1.90. The van der Waals surface area contributed by atoms with Crippen molar-refractivity contribution < 1.29 is 17.9 Å². The third-order valence-electron chi connectivity index (χ3n) is 2.79. The van der Waals surface area contributed by atoms with Gasteiger partial charge in [0.15, 0.2) is 5.75 Å². The number of aromatic amines is 1. The predicted octanol–water partition coefficient (Wildman–Crippen LogP) is 1.11. The summed E-state index contributed by atoms with van der Waals surface area (Å²) in [5, 5.41) is 0. The molecular weight excluding hydrogens is 294 g/mol. The van der Waals surface area contributed by atoms with Crippen LogP contribution in [0.25, 0.3) is 11.0 Å². The Morgan fingerprint density at radius 2 is 2.14 bits per heavy atom. The number of H-pyrrole nitrogens is 1. The van der Waals surface area contributed by atoms with Gasteiger partial charge in [-0.15, -0.1) is 0 Å². The summed E-state index contributed by atoms with van der Waals surface area (Å²) in [6, 6.07) is 6.82. The number of hydrogen-bond donors (Lipinski definition) is 2. The summed E-state index contributed by atoms with van der Waals surface area (Å²) in [6.45, 7) is 3.42. The summed E-state index contributed by atoms with van der Waals surface area (Å²) >= 11 is 0. The van der Waals surface area contributed by atoms with Crippen LogP contribution in [-0.4, -0.2) is 36.7 Å². The number of para-hydroxylation sites is 2. The van der Waals surface area contributed by atoms with Gasteiger partial charge in [-0.05, 0) is 26.0 Å². The summed E-state index contributed by atoms with van der Waals surface area (Å²) < 4.78 is 30.8. The standard InChI is InChI=1S/C13H17N3O4S/c1-3-20-12(17)8-21(18,19)16-9(2)13-14-10-6-4-5-7-11(10)15-13/h4-7,9,16H,3,8H2,1-2H3,(H,14,15). The fraction of sp³-hybridized carbons (Fsp3) is 0.385. The first-order valence-electron chi connectivity index (χ1n) is 6.51. The van der Waals surface area contributed by atoms with Crippen LogP contribution < -0.4 is 4.72 Å². The van der Waals surface area contributed by atoms with Gasteiger partial charge in [-0.2, -0.15) is 0 Å². The average Bonchev–Trinajstić information content (AvgIpc) is 2.81. The van der Waals surface area contributed by atoms with Crippen molar-refractivity contribution in [1.29, 1.82) is 0 Å². The van der Waals surface area contributed by atoms with Crippen LogP contribution in [0, 0.1) is 0 Å². The SMILES string of the molecule is CCOC(=O)CS(=O)(=O)NC(C)c1nc2ccccc2[nH]1. The molecule has 1 aromatic heterocycles. The Hall–Kier alpha value is -1.93. The molecular formula is C13H17N3O4S. The van der Waals surface area contributed by atoms with Gasteiger partial charge in [0.2, 0.25) is 10.0 Å². The van der Waals surface area contributed by atoms with E-state index in [1.165, 1.54) is 0 Å². The van der Waals surface area contributed by atoms with Crippen LogP contribution in [0.3, 0.4) is 0 Å². The molecule has 0 saturated heterocycles. The third-order valence-corrected chi connectivity index (χ3v) is 4.12. The van der Waals surface area contributed by atoms with E-state index in [4.69, 9.17) is 0 Å². The number of carbonyl (C=O) groups is 1. The highest BCUT2D eigenvalue weighted by molar-refractivity contribution is 7.90. The maximum atomic E-state index is 11.9. The number of rotatable bonds is 6. The number of benzene rings is 1. The molecule has 21 heavy (non-hydrogen) atoms. The molecule has 1 heterocycles. The lowest BCUT2D eigenvalue weighted by Gasteiger charge is -2.11. The number of fused-ring (bicyclic) bond motifs is 1. The fourth-order valence-corrected chi connectivity index (χ4v) is 3.03. The molecule has 0 saturated carbocycles. The van der Waals surface area contributed by atoms with Crippen LogP contribution in [-0.2, 0) is 19.6 Å². The zero-order valence-electron chi connectivity index (χ0n) is 11.8. The van der Waals surface area contributed by atoms with E-state index in [0.717, 1.165) is 11.0 Å². The van der Waals surface area contributed by atoms with Crippen molar-refractivity contribution in [3.8, 4) is 0 Å². The predicted molar refractivity (Wildman–Crippen MR) is 78.1 cm³/mol. The Balaban J connectivity index is 2.09. The highest BCUT2D eigenvalue weighted by atomic mass is 32.2. The number of aromatic nitrogens is 2. The second-order valence-electron chi connectivity index (χ2n) is 4.54. The van der Waals surface area contributed by atoms with Gasteiger partial charge >= 0.3 is 5.97 Å². The quantitative estimate of drug-likeness (QED) is 0.778. The summed E-state index contributed by atoms with van der Waals surface area (Å²) in [4.78, 5) is 18.6. The van der Waals surface area contributed by atoms with E-state index in [0.29, 0.717) is 5.82 Å². The molecule has 1 unspecified atom stereocenters. The normalized spacial score (nSPS) is 13.2. The van der Waals surface area contributed by atoms with E-state index in [9.17, 15) is 13.2 Å². The molecule has 0 radical (unpaired) electrons. The van der Waals surface area contributed by atoms with Crippen molar-refractivity contribution in [1.82, 2.24) is 14.7 Å². The van der Waals surface area contributed by atoms with Gasteiger partial charge in [-0.1, -0.05) is 12.1 Å². The van der Waals surface area contributed by atoms with Gasteiger partial charge in [-0.25, -0.2) is 18.1 Å². The molecule has 2 rings (SSSR count). The van der Waals surface area contributed by atoms with Gasteiger partial charge in [0.05, 0.1) is 23.7 Å².